The van der Waals surface area contributed by atoms with Gasteiger partial charge in [-0.1, -0.05) is 0 Å². The van der Waals surface area contributed by atoms with E-state index in [1.807, 2.05) is 19.1 Å². The van der Waals surface area contributed by atoms with Gasteiger partial charge < -0.3 is 14.6 Å². The maximum Gasteiger partial charge on any atom is 0.339 e. The van der Waals surface area contributed by atoms with Gasteiger partial charge in [-0.05, 0) is 44.0 Å². The number of nitrogens with one attached hydrogen (secondary N) is 1. The molecule has 0 aliphatic rings. The molecule has 2 aromatic rings. The normalized spacial score (nSPS) is 11.9. The Morgan fingerprint density at radius 3 is 2.43 bits per heavy atom. The number of ether oxygens (including phenoxy) is 1. The highest BCUT2D eigenvalue weighted by molar-refractivity contribution is 6.00. The van der Waals surface area contributed by atoms with Crippen molar-refractivity contribution in [3.8, 4) is 0 Å². The number of rotatable bonds is 4. The van der Waals surface area contributed by atoms with Crippen LogP contribution in [0, 0.1) is 13.8 Å². The first-order chi connectivity index (χ1) is 10.9. The maximum absolute atomic E-state index is 12.8. The number of carbonyl (C=O) groups is 2. The standard InChI is InChI=1S/C17H21N3O3/c1-10-14(17(22)23-5)11(2)19-15(10)16(21)20(4)12(3)13-6-8-18-9-7-13/h6-9,12,19H,1-5H3. The third-order valence-corrected chi connectivity index (χ3v) is 4.13. The highest BCUT2D eigenvalue weighted by Crippen LogP contribution is 2.24. The number of esters is 1. The van der Waals surface area contributed by atoms with Gasteiger partial charge in [0, 0.05) is 25.1 Å². The Labute approximate surface area is 135 Å². The lowest BCUT2D eigenvalue weighted by atomic mass is 10.1. The van der Waals surface area contributed by atoms with Crippen molar-refractivity contribution in [1.82, 2.24) is 14.9 Å². The van der Waals surface area contributed by atoms with Gasteiger partial charge in [-0.15, -0.1) is 0 Å². The van der Waals surface area contributed by atoms with Crippen LogP contribution in [-0.2, 0) is 4.74 Å². The van der Waals surface area contributed by atoms with E-state index in [1.54, 1.807) is 38.2 Å². The maximum atomic E-state index is 12.8. The molecule has 1 atom stereocenters. The molecule has 0 spiro atoms. The van der Waals surface area contributed by atoms with Gasteiger partial charge >= 0.3 is 5.97 Å². The van der Waals surface area contributed by atoms with Crippen molar-refractivity contribution < 1.29 is 14.3 Å². The predicted molar refractivity (Wildman–Crippen MR) is 86.4 cm³/mol. The number of hydrogen-bond donors (Lipinski definition) is 1. The van der Waals surface area contributed by atoms with Crippen molar-refractivity contribution in [3.63, 3.8) is 0 Å². The number of carbonyl (C=O) groups excluding carboxylic acids is 2. The number of methoxy groups -OCH3 is 1. The summed E-state index contributed by atoms with van der Waals surface area (Å²) < 4.78 is 4.78. The van der Waals surface area contributed by atoms with E-state index in [-0.39, 0.29) is 11.9 Å². The fraction of sp³-hybridized carbons (Fsp3) is 0.353. The van der Waals surface area contributed by atoms with Crippen LogP contribution in [0.1, 0.15) is 50.6 Å². The lowest BCUT2D eigenvalue weighted by molar-refractivity contribution is 0.0599. The summed E-state index contributed by atoms with van der Waals surface area (Å²) >= 11 is 0. The second kappa shape index (κ2) is 6.64. The zero-order valence-electron chi connectivity index (χ0n) is 14.0. The van der Waals surface area contributed by atoms with Crippen molar-refractivity contribution in [2.75, 3.05) is 14.2 Å². The van der Waals surface area contributed by atoms with E-state index < -0.39 is 5.97 Å². The Kier molecular flexibility index (Phi) is 4.83. The molecule has 0 saturated heterocycles. The number of hydrogen-bond acceptors (Lipinski definition) is 4. The Morgan fingerprint density at radius 2 is 1.87 bits per heavy atom. The molecule has 2 rings (SSSR count). The van der Waals surface area contributed by atoms with Gasteiger partial charge in [0.1, 0.15) is 5.69 Å². The van der Waals surface area contributed by atoms with Crippen LogP contribution in [0.4, 0.5) is 0 Å². The molecule has 0 aliphatic heterocycles. The molecule has 0 radical (unpaired) electrons. The number of aryl methyl sites for hydroxylation is 1. The summed E-state index contributed by atoms with van der Waals surface area (Å²) in [5.41, 5.74) is 3.05. The third-order valence-electron chi connectivity index (χ3n) is 4.13. The summed E-state index contributed by atoms with van der Waals surface area (Å²) in [6.45, 7) is 5.44. The van der Waals surface area contributed by atoms with E-state index in [0.717, 1.165) is 5.56 Å². The van der Waals surface area contributed by atoms with Crippen LogP contribution in [0.3, 0.4) is 0 Å². The third kappa shape index (κ3) is 3.11. The van der Waals surface area contributed by atoms with Crippen LogP contribution in [-0.4, -0.2) is 40.9 Å². The van der Waals surface area contributed by atoms with Crippen molar-refractivity contribution in [2.45, 2.75) is 26.8 Å². The molecule has 1 amide bonds. The Morgan fingerprint density at radius 1 is 1.26 bits per heavy atom. The molecule has 1 N–H and O–H groups in total. The number of aromatic nitrogens is 2. The van der Waals surface area contributed by atoms with E-state index in [2.05, 4.69) is 9.97 Å². The number of nitrogens with zero attached hydrogens (tertiary/aromatic N) is 2. The molecule has 0 bridgehead atoms. The van der Waals surface area contributed by atoms with E-state index >= 15 is 0 Å². The van der Waals surface area contributed by atoms with E-state index in [0.29, 0.717) is 22.5 Å². The minimum atomic E-state index is -0.444. The highest BCUT2D eigenvalue weighted by atomic mass is 16.5. The van der Waals surface area contributed by atoms with Gasteiger partial charge in [-0.25, -0.2) is 4.79 Å². The largest absolute Gasteiger partial charge is 0.465 e. The van der Waals surface area contributed by atoms with Crippen molar-refractivity contribution in [2.24, 2.45) is 0 Å². The van der Waals surface area contributed by atoms with Crippen LogP contribution in [0.2, 0.25) is 0 Å². The Balaban J connectivity index is 2.32. The smallest absolute Gasteiger partial charge is 0.339 e. The molecular formula is C17H21N3O3. The summed E-state index contributed by atoms with van der Waals surface area (Å²) in [6.07, 6.45) is 3.40. The molecule has 0 aromatic carbocycles. The molecule has 23 heavy (non-hydrogen) atoms. The van der Waals surface area contributed by atoms with E-state index in [4.69, 9.17) is 4.74 Å². The molecule has 6 nitrogen and oxygen atoms in total. The quantitative estimate of drug-likeness (QED) is 0.880. The molecule has 2 heterocycles. The molecule has 0 fully saturated rings. The monoisotopic (exact) mass is 315 g/mol. The molecule has 0 saturated carbocycles. The van der Waals surface area contributed by atoms with Crippen LogP contribution in [0.25, 0.3) is 0 Å². The minimum Gasteiger partial charge on any atom is -0.465 e. The lowest BCUT2D eigenvalue weighted by Gasteiger charge is -2.25. The fourth-order valence-corrected chi connectivity index (χ4v) is 2.59. The zero-order valence-corrected chi connectivity index (χ0v) is 14.0. The zero-order chi connectivity index (χ0) is 17.1. The van der Waals surface area contributed by atoms with Gasteiger partial charge in [-0.2, -0.15) is 0 Å². The average Bonchev–Trinajstić information content (AvgIpc) is 2.87. The van der Waals surface area contributed by atoms with Crippen LogP contribution >= 0.6 is 0 Å². The molecular weight excluding hydrogens is 294 g/mol. The van der Waals surface area contributed by atoms with Gasteiger partial charge in [0.05, 0.1) is 18.7 Å². The van der Waals surface area contributed by atoms with Gasteiger partial charge in [0.2, 0.25) is 0 Å². The Hall–Kier alpha value is -2.63. The van der Waals surface area contributed by atoms with Gasteiger partial charge in [0.25, 0.3) is 5.91 Å². The summed E-state index contributed by atoms with van der Waals surface area (Å²) in [4.78, 5) is 33.3. The topological polar surface area (TPSA) is 75.3 Å². The van der Waals surface area contributed by atoms with Crippen LogP contribution in [0.5, 0.6) is 0 Å². The molecule has 6 heteroatoms. The number of amides is 1. The number of pyridine rings is 1. The van der Waals surface area contributed by atoms with E-state index in [9.17, 15) is 9.59 Å². The first-order valence-corrected chi connectivity index (χ1v) is 7.33. The summed E-state index contributed by atoms with van der Waals surface area (Å²) in [6, 6.07) is 3.64. The second-order valence-electron chi connectivity index (χ2n) is 5.49. The minimum absolute atomic E-state index is 0.116. The van der Waals surface area contributed by atoms with Crippen LogP contribution < -0.4 is 0 Å². The van der Waals surface area contributed by atoms with Crippen molar-refractivity contribution in [1.29, 1.82) is 0 Å². The molecule has 1 unspecified atom stereocenters. The molecule has 2 aromatic heterocycles. The lowest BCUT2D eigenvalue weighted by Crippen LogP contribution is -2.30. The predicted octanol–water partition coefficient (Wildman–Crippen LogP) is 2.65. The SMILES string of the molecule is COC(=O)c1c(C)[nH]c(C(=O)N(C)C(C)c2ccncc2)c1C. The number of aromatic amines is 1. The van der Waals surface area contributed by atoms with Crippen molar-refractivity contribution >= 4 is 11.9 Å². The average molecular weight is 315 g/mol. The first-order valence-electron chi connectivity index (χ1n) is 7.33. The number of H-pyrrole nitrogens is 1. The highest BCUT2D eigenvalue weighted by Gasteiger charge is 2.26. The van der Waals surface area contributed by atoms with Crippen molar-refractivity contribution in [3.05, 3.63) is 52.6 Å². The van der Waals surface area contributed by atoms with Gasteiger partial charge in [0.15, 0.2) is 0 Å². The molecule has 122 valence electrons. The summed E-state index contributed by atoms with van der Waals surface area (Å²) in [5.74, 6) is -0.620. The molecule has 0 aliphatic carbocycles. The van der Waals surface area contributed by atoms with Gasteiger partial charge in [-0.3, -0.25) is 9.78 Å². The summed E-state index contributed by atoms with van der Waals surface area (Å²) in [5, 5.41) is 0. The second-order valence-corrected chi connectivity index (χ2v) is 5.49. The van der Waals surface area contributed by atoms with Crippen LogP contribution in [0.15, 0.2) is 24.5 Å². The van der Waals surface area contributed by atoms with E-state index in [1.165, 1.54) is 7.11 Å². The fourth-order valence-electron chi connectivity index (χ4n) is 2.59. The first kappa shape index (κ1) is 16.7. The Bertz CT molecular complexity index is 722. The summed E-state index contributed by atoms with van der Waals surface area (Å²) in [7, 11) is 3.06.